The van der Waals surface area contributed by atoms with E-state index in [2.05, 4.69) is 120 Å². The molecule has 9 heteroatoms. The highest BCUT2D eigenvalue weighted by molar-refractivity contribution is 5.48. The van der Waals surface area contributed by atoms with E-state index in [9.17, 15) is 14.4 Å². The molecule has 0 bridgehead atoms. The molecule has 3 N–H and O–H groups in total. The van der Waals surface area contributed by atoms with Crippen molar-refractivity contribution >= 4 is 19.2 Å². The fourth-order valence-corrected chi connectivity index (χ4v) is 7.19. The quantitative estimate of drug-likeness (QED) is 0.0656. The molecule has 0 heterocycles. The minimum absolute atomic E-state index is 0.0774. The zero-order valence-corrected chi connectivity index (χ0v) is 34.5. The molecule has 0 aliphatic heterocycles. The highest BCUT2D eigenvalue weighted by Gasteiger charge is 2.48. The van der Waals surface area contributed by atoms with Gasteiger partial charge < -0.3 is 30.2 Å². The van der Waals surface area contributed by atoms with Crippen LogP contribution < -0.4 is 16.0 Å². The van der Waals surface area contributed by atoms with Crippen LogP contribution in [0.25, 0.3) is 0 Å². The molecule has 0 aromatic rings. The average Bonchev–Trinajstić information content (AvgIpc) is 3.09. The fraction of sp³-hybridized carbons (Fsp3) is 0.925. The van der Waals surface area contributed by atoms with Gasteiger partial charge in [-0.3, -0.25) is 14.4 Å². The lowest BCUT2D eigenvalue weighted by Gasteiger charge is -2.50. The van der Waals surface area contributed by atoms with Gasteiger partial charge in [0.2, 0.25) is 19.2 Å². The molecule has 0 aliphatic carbocycles. The lowest BCUT2D eigenvalue weighted by atomic mass is 9.64. The maximum Gasteiger partial charge on any atom is 0.207 e. The van der Waals surface area contributed by atoms with Crippen LogP contribution in [-0.4, -0.2) is 73.0 Å². The largest absolute Gasteiger partial charge is 0.377 e. The third-order valence-electron chi connectivity index (χ3n) is 13.2. The van der Waals surface area contributed by atoms with Gasteiger partial charge in [0.1, 0.15) is 0 Å². The van der Waals surface area contributed by atoms with Gasteiger partial charge in [-0.1, -0.05) is 69.2 Å². The molecular weight excluding hydrogens is 618 g/mol. The summed E-state index contributed by atoms with van der Waals surface area (Å²) in [4.78, 5) is 34.4. The van der Waals surface area contributed by atoms with Gasteiger partial charge in [0.05, 0.1) is 37.1 Å². The van der Waals surface area contributed by atoms with Crippen molar-refractivity contribution < 1.29 is 28.6 Å². The monoisotopic (exact) mass is 698 g/mol. The first kappa shape index (κ1) is 47.3. The van der Waals surface area contributed by atoms with Crippen molar-refractivity contribution in [2.75, 3.05) is 19.8 Å². The second-order valence-corrected chi connectivity index (χ2v) is 16.3. The summed E-state index contributed by atoms with van der Waals surface area (Å²) in [5, 5.41) is 9.13. The van der Waals surface area contributed by atoms with Crippen LogP contribution in [0.1, 0.15) is 162 Å². The number of ether oxygens (including phenoxy) is 3. The van der Waals surface area contributed by atoms with Crippen molar-refractivity contribution in [2.45, 2.75) is 196 Å². The highest BCUT2D eigenvalue weighted by atomic mass is 16.5. The zero-order valence-electron chi connectivity index (χ0n) is 34.5. The van der Waals surface area contributed by atoms with Crippen molar-refractivity contribution in [2.24, 2.45) is 23.2 Å². The topological polar surface area (TPSA) is 115 Å². The van der Waals surface area contributed by atoms with Crippen LogP contribution >= 0.6 is 0 Å². The molecule has 0 fully saturated rings. The molecule has 0 aliphatic rings. The number of hydrogen-bond acceptors (Lipinski definition) is 6. The van der Waals surface area contributed by atoms with E-state index >= 15 is 0 Å². The summed E-state index contributed by atoms with van der Waals surface area (Å²) in [7, 11) is 0. The average molecular weight is 698 g/mol. The number of amides is 3. The molecule has 290 valence electrons. The first-order valence-corrected chi connectivity index (χ1v) is 19.3. The van der Waals surface area contributed by atoms with E-state index in [-0.39, 0.29) is 45.9 Å². The predicted octanol–water partition coefficient (Wildman–Crippen LogP) is 7.98. The molecule has 3 amide bonds. The molecule has 49 heavy (non-hydrogen) atoms. The smallest absolute Gasteiger partial charge is 0.207 e. The number of rotatable bonds is 30. The van der Waals surface area contributed by atoms with Crippen molar-refractivity contribution in [1.82, 2.24) is 16.0 Å². The van der Waals surface area contributed by atoms with Gasteiger partial charge in [-0.05, 0) is 92.4 Å². The summed E-state index contributed by atoms with van der Waals surface area (Å²) >= 11 is 0. The van der Waals surface area contributed by atoms with Gasteiger partial charge in [-0.25, -0.2) is 0 Å². The summed E-state index contributed by atoms with van der Waals surface area (Å²) in [6.45, 7) is 33.8. The third kappa shape index (κ3) is 13.1. The van der Waals surface area contributed by atoms with E-state index in [1.165, 1.54) is 0 Å². The molecular formula is C40H79N3O6. The Labute approximate surface area is 301 Å². The molecule has 9 nitrogen and oxygen atoms in total. The zero-order chi connectivity index (χ0) is 38.2. The van der Waals surface area contributed by atoms with E-state index in [4.69, 9.17) is 14.2 Å². The van der Waals surface area contributed by atoms with Gasteiger partial charge in [0.15, 0.2) is 0 Å². The van der Waals surface area contributed by atoms with Crippen LogP contribution in [-0.2, 0) is 28.6 Å². The Morgan fingerprint density at radius 3 is 1.08 bits per heavy atom. The van der Waals surface area contributed by atoms with Crippen LogP contribution in [0.3, 0.4) is 0 Å². The second kappa shape index (κ2) is 21.0. The first-order valence-electron chi connectivity index (χ1n) is 19.3. The van der Waals surface area contributed by atoms with E-state index in [0.717, 1.165) is 77.0 Å². The molecule has 9 atom stereocenters. The normalized spacial score (nSPS) is 21.9. The van der Waals surface area contributed by atoms with E-state index in [1.54, 1.807) is 0 Å². The Balaban J connectivity index is 6.78. The maximum atomic E-state index is 11.5. The summed E-state index contributed by atoms with van der Waals surface area (Å²) in [5.41, 5.74) is -2.27. The number of nitrogens with one attached hydrogen (secondary N) is 3. The van der Waals surface area contributed by atoms with Gasteiger partial charge in [0.25, 0.3) is 0 Å². The Bertz CT molecular complexity index is 918. The summed E-state index contributed by atoms with van der Waals surface area (Å²) in [6, 6.07) is 0. The summed E-state index contributed by atoms with van der Waals surface area (Å²) in [5.74, 6) is 0.322. The predicted molar refractivity (Wildman–Crippen MR) is 202 cm³/mol. The van der Waals surface area contributed by atoms with Crippen molar-refractivity contribution in [3.63, 3.8) is 0 Å². The van der Waals surface area contributed by atoms with Crippen LogP contribution in [0, 0.1) is 23.2 Å². The number of carbonyl (C=O) groups excluding carboxylic acids is 3. The Hall–Kier alpha value is -1.71. The highest BCUT2D eigenvalue weighted by Crippen LogP contribution is 2.49. The Morgan fingerprint density at radius 1 is 0.510 bits per heavy atom. The molecule has 9 unspecified atom stereocenters. The van der Waals surface area contributed by atoms with Gasteiger partial charge >= 0.3 is 0 Å². The van der Waals surface area contributed by atoms with Crippen LogP contribution in [0.5, 0.6) is 0 Å². The first-order chi connectivity index (χ1) is 22.8. The molecule has 0 aromatic heterocycles. The second-order valence-electron chi connectivity index (χ2n) is 16.3. The van der Waals surface area contributed by atoms with Crippen molar-refractivity contribution in [3.8, 4) is 0 Å². The minimum atomic E-state index is -0.448. The number of hydrogen-bond donors (Lipinski definition) is 3. The Kier molecular flexibility index (Phi) is 20.2. The molecule has 0 rings (SSSR count). The molecule has 0 aromatic carbocycles. The van der Waals surface area contributed by atoms with E-state index < -0.39 is 11.2 Å². The van der Waals surface area contributed by atoms with Crippen LogP contribution in [0.15, 0.2) is 0 Å². The molecule has 0 saturated carbocycles. The lowest BCUT2D eigenvalue weighted by molar-refractivity contribution is -0.162. The maximum absolute atomic E-state index is 11.5. The SMILES string of the molecule is CCC(OCC(C)C(C)(CC)NC=O)C(CC)(CC(C)(CC)OCC(C)C(C)(CC)NC=O)CC(C)(CC)OCC(C)C(C)(CC)NC=O. The number of carbonyl (C=O) groups is 3. The standard InChI is InChI=1S/C40H79N3O6/c1-16-34(47-23-31(8)37(13,19-4)41-28-44)40(22-7,26-35(11,17-2)48-24-32(9)38(14,20-5)42-29-45)27-36(12,18-3)49-25-33(10)39(15,21-6)43-30-46/h28-34H,16-27H2,1-15H3,(H,41,44)(H,42,45)(H,43,46). The molecule has 0 saturated heterocycles. The fourth-order valence-electron chi connectivity index (χ4n) is 7.19. The van der Waals surface area contributed by atoms with Gasteiger partial charge in [-0.15, -0.1) is 0 Å². The summed E-state index contributed by atoms with van der Waals surface area (Å²) < 4.78 is 20.8. The van der Waals surface area contributed by atoms with Gasteiger partial charge in [-0.2, -0.15) is 0 Å². The van der Waals surface area contributed by atoms with E-state index in [1.807, 2.05) is 0 Å². The third-order valence-corrected chi connectivity index (χ3v) is 13.2. The Morgan fingerprint density at radius 2 is 0.837 bits per heavy atom. The van der Waals surface area contributed by atoms with E-state index in [0.29, 0.717) is 19.8 Å². The van der Waals surface area contributed by atoms with Gasteiger partial charge in [0, 0.05) is 39.8 Å². The lowest BCUT2D eigenvalue weighted by Crippen LogP contribution is -2.53. The van der Waals surface area contributed by atoms with Crippen LogP contribution in [0.2, 0.25) is 0 Å². The van der Waals surface area contributed by atoms with Crippen molar-refractivity contribution in [1.29, 1.82) is 0 Å². The molecule has 0 spiro atoms. The molecule has 0 radical (unpaired) electrons. The van der Waals surface area contributed by atoms with Crippen LogP contribution in [0.4, 0.5) is 0 Å². The summed E-state index contributed by atoms with van der Waals surface area (Å²) in [6.07, 6.45) is 9.63. The minimum Gasteiger partial charge on any atom is -0.377 e. The van der Waals surface area contributed by atoms with Crippen molar-refractivity contribution in [3.05, 3.63) is 0 Å².